The van der Waals surface area contributed by atoms with Gasteiger partial charge in [0.25, 0.3) is 0 Å². The van der Waals surface area contributed by atoms with Gasteiger partial charge in [0.15, 0.2) is 5.52 Å². The predicted molar refractivity (Wildman–Crippen MR) is 112 cm³/mol. The van der Waals surface area contributed by atoms with Gasteiger partial charge < -0.3 is 10.2 Å². The van der Waals surface area contributed by atoms with E-state index in [1.54, 1.807) is 6.07 Å². The lowest BCUT2D eigenvalue weighted by molar-refractivity contribution is -0.382. The van der Waals surface area contributed by atoms with Crippen LogP contribution in [-0.2, 0) is 0 Å². The molecule has 0 bridgehead atoms. The maximum absolute atomic E-state index is 11.8. The van der Waals surface area contributed by atoms with Crippen LogP contribution in [0.3, 0.4) is 0 Å². The van der Waals surface area contributed by atoms with Gasteiger partial charge in [0.2, 0.25) is 5.52 Å². The van der Waals surface area contributed by atoms with E-state index in [2.05, 4.69) is 50.0 Å². The summed E-state index contributed by atoms with van der Waals surface area (Å²) in [4.78, 5) is 13.5. The van der Waals surface area contributed by atoms with E-state index in [4.69, 9.17) is 4.63 Å². The van der Waals surface area contributed by atoms with Crippen LogP contribution in [0.5, 0.6) is 0 Å². The molecule has 1 aromatic heterocycles. The van der Waals surface area contributed by atoms with Gasteiger partial charge in [-0.1, -0.05) is 6.92 Å². The van der Waals surface area contributed by atoms with Crippen molar-refractivity contribution in [3.8, 4) is 0 Å². The van der Waals surface area contributed by atoms with Gasteiger partial charge in [-0.3, -0.25) is 10.1 Å². The van der Waals surface area contributed by atoms with E-state index in [0.29, 0.717) is 17.1 Å². The van der Waals surface area contributed by atoms with Crippen molar-refractivity contribution in [3.63, 3.8) is 0 Å². The Kier molecular flexibility index (Phi) is 4.85. The van der Waals surface area contributed by atoms with Crippen LogP contribution in [0, 0.1) is 19.6 Å². The third-order valence-electron chi connectivity index (χ3n) is 4.80. The zero-order chi connectivity index (χ0) is 19.0. The molecule has 0 aliphatic carbocycles. The summed E-state index contributed by atoms with van der Waals surface area (Å²) in [5.41, 5.74) is 2.45. The number of anilines is 3. The first-order chi connectivity index (χ1) is 13.0. The monoisotopic (exact) mass is 479 g/mol. The zero-order valence-corrected chi connectivity index (χ0v) is 16.8. The maximum atomic E-state index is 11.8. The summed E-state index contributed by atoms with van der Waals surface area (Å²) in [6, 6.07) is 9.45. The Morgan fingerprint density at radius 3 is 2.74 bits per heavy atom. The Morgan fingerprint density at radius 2 is 2.04 bits per heavy atom. The van der Waals surface area contributed by atoms with Crippen LogP contribution in [0.15, 0.2) is 35.0 Å². The lowest BCUT2D eigenvalue weighted by atomic mass is 9.99. The van der Waals surface area contributed by atoms with E-state index in [-0.39, 0.29) is 11.2 Å². The minimum absolute atomic E-state index is 0.126. The lowest BCUT2D eigenvalue weighted by Gasteiger charge is -2.32. The third kappa shape index (κ3) is 3.55. The Hall–Kier alpha value is -2.43. The molecular formula is C18H18IN5O3. The maximum Gasteiger partial charge on any atom is 0.324 e. The normalized spacial score (nSPS) is 17.3. The fraction of sp³-hybridized carbons (Fsp3) is 0.333. The van der Waals surface area contributed by atoms with Crippen molar-refractivity contribution < 1.29 is 9.55 Å². The smallest absolute Gasteiger partial charge is 0.324 e. The van der Waals surface area contributed by atoms with Crippen molar-refractivity contribution in [2.24, 2.45) is 5.92 Å². The summed E-state index contributed by atoms with van der Waals surface area (Å²) in [5, 5.41) is 22.7. The van der Waals surface area contributed by atoms with E-state index in [0.717, 1.165) is 34.5 Å². The zero-order valence-electron chi connectivity index (χ0n) is 14.7. The molecule has 2 aromatic carbocycles. The second-order valence-electron chi connectivity index (χ2n) is 6.84. The molecule has 140 valence electrons. The van der Waals surface area contributed by atoms with Crippen molar-refractivity contribution in [1.29, 1.82) is 0 Å². The fourth-order valence-corrected chi connectivity index (χ4v) is 3.89. The first-order valence-corrected chi connectivity index (χ1v) is 9.82. The number of piperidine rings is 1. The summed E-state index contributed by atoms with van der Waals surface area (Å²) in [5.74, 6) is 0.552. The summed E-state index contributed by atoms with van der Waals surface area (Å²) in [6.07, 6.45) is 2.25. The Labute approximate surface area is 169 Å². The number of benzene rings is 2. The van der Waals surface area contributed by atoms with Crippen molar-refractivity contribution in [1.82, 2.24) is 10.3 Å². The highest BCUT2D eigenvalue weighted by atomic mass is 127. The van der Waals surface area contributed by atoms with Gasteiger partial charge in [0.05, 0.1) is 10.6 Å². The molecule has 1 aliphatic rings. The molecule has 2 heterocycles. The molecule has 1 N–H and O–H groups in total. The Bertz CT molecular complexity index is 989. The molecule has 0 radical (unpaired) electrons. The molecule has 0 unspecified atom stereocenters. The number of aromatic nitrogens is 2. The minimum atomic E-state index is -0.440. The van der Waals surface area contributed by atoms with Gasteiger partial charge in [-0.2, -0.15) is 0 Å². The van der Waals surface area contributed by atoms with Crippen LogP contribution in [0.25, 0.3) is 11.0 Å². The molecule has 4 rings (SSSR count). The third-order valence-corrected chi connectivity index (χ3v) is 5.51. The largest absolute Gasteiger partial charge is 0.369 e. The predicted octanol–water partition coefficient (Wildman–Crippen LogP) is 4.72. The highest BCUT2D eigenvalue weighted by molar-refractivity contribution is 14.1. The molecule has 8 nitrogen and oxygen atoms in total. The number of nitro groups is 1. The van der Waals surface area contributed by atoms with Gasteiger partial charge in [-0.05, 0) is 82.0 Å². The van der Waals surface area contributed by atoms with E-state index >= 15 is 0 Å². The standard InChI is InChI=1S/C18H18IN5O3/c1-11-3-2-8-23(10-11)15-9-14(20-13-6-4-12(19)5-7-13)18(24(25)26)17-16(15)21-27-22-17/h4-7,9,11,20H,2-3,8,10H2,1H3/t11-/m0/s1. The van der Waals surface area contributed by atoms with Crippen molar-refractivity contribution in [3.05, 3.63) is 44.0 Å². The number of hydrogen-bond donors (Lipinski definition) is 1. The molecule has 9 heteroatoms. The number of nitrogens with zero attached hydrogens (tertiary/aromatic N) is 4. The molecule has 1 atom stereocenters. The Balaban J connectivity index is 1.84. The van der Waals surface area contributed by atoms with E-state index < -0.39 is 4.92 Å². The highest BCUT2D eigenvalue weighted by Crippen LogP contribution is 2.40. The number of hydrogen-bond acceptors (Lipinski definition) is 7. The average Bonchev–Trinajstić information content (AvgIpc) is 3.12. The molecule has 0 saturated carbocycles. The number of fused-ring (bicyclic) bond motifs is 1. The van der Waals surface area contributed by atoms with Crippen LogP contribution in [0.1, 0.15) is 19.8 Å². The number of rotatable bonds is 4. The van der Waals surface area contributed by atoms with Crippen molar-refractivity contribution in [2.45, 2.75) is 19.8 Å². The number of nitrogens with one attached hydrogen (secondary N) is 1. The van der Waals surface area contributed by atoms with E-state index in [9.17, 15) is 10.1 Å². The van der Waals surface area contributed by atoms with E-state index in [1.807, 2.05) is 24.3 Å². The SMILES string of the molecule is C[C@H]1CCCN(c2cc(Nc3ccc(I)cc3)c([N+](=O)[O-])c3nonc23)C1. The molecule has 0 amide bonds. The van der Waals surface area contributed by atoms with Crippen molar-refractivity contribution >= 4 is 56.4 Å². The molecule has 1 saturated heterocycles. The molecule has 1 fully saturated rings. The van der Waals surface area contributed by atoms with Gasteiger partial charge >= 0.3 is 5.69 Å². The van der Waals surface area contributed by atoms with Crippen LogP contribution in [0.4, 0.5) is 22.7 Å². The van der Waals surface area contributed by atoms with Gasteiger partial charge in [0, 0.05) is 22.3 Å². The first kappa shape index (κ1) is 18.0. The highest BCUT2D eigenvalue weighted by Gasteiger charge is 2.29. The Morgan fingerprint density at radius 1 is 1.30 bits per heavy atom. The van der Waals surface area contributed by atoms with Crippen LogP contribution in [0.2, 0.25) is 0 Å². The van der Waals surface area contributed by atoms with Crippen LogP contribution >= 0.6 is 22.6 Å². The summed E-state index contributed by atoms with van der Waals surface area (Å²) >= 11 is 2.22. The molecule has 3 aromatic rings. The summed E-state index contributed by atoms with van der Waals surface area (Å²) < 4.78 is 5.96. The molecule has 27 heavy (non-hydrogen) atoms. The second kappa shape index (κ2) is 7.29. The van der Waals surface area contributed by atoms with Gasteiger partial charge in [0.1, 0.15) is 5.69 Å². The topological polar surface area (TPSA) is 97.3 Å². The molecule has 1 aliphatic heterocycles. The fourth-order valence-electron chi connectivity index (χ4n) is 3.53. The van der Waals surface area contributed by atoms with Crippen LogP contribution in [-0.4, -0.2) is 28.3 Å². The lowest BCUT2D eigenvalue weighted by Crippen LogP contribution is -2.34. The number of nitro benzene ring substituents is 1. The summed E-state index contributed by atoms with van der Waals surface area (Å²) in [6.45, 7) is 3.97. The first-order valence-electron chi connectivity index (χ1n) is 8.74. The minimum Gasteiger partial charge on any atom is -0.369 e. The van der Waals surface area contributed by atoms with Crippen LogP contribution < -0.4 is 10.2 Å². The second-order valence-corrected chi connectivity index (χ2v) is 8.08. The summed E-state index contributed by atoms with van der Waals surface area (Å²) in [7, 11) is 0. The molecule has 0 spiro atoms. The molecular weight excluding hydrogens is 461 g/mol. The van der Waals surface area contributed by atoms with Crippen molar-refractivity contribution in [2.75, 3.05) is 23.3 Å². The number of halogens is 1. The quantitative estimate of drug-likeness (QED) is 0.329. The van der Waals surface area contributed by atoms with Gasteiger partial charge in [-0.25, -0.2) is 4.63 Å². The van der Waals surface area contributed by atoms with E-state index in [1.165, 1.54) is 6.42 Å². The van der Waals surface area contributed by atoms with Gasteiger partial charge in [-0.15, -0.1) is 0 Å². The average molecular weight is 479 g/mol.